The lowest BCUT2D eigenvalue weighted by atomic mass is 10.1. The van der Waals surface area contributed by atoms with Crippen LogP contribution in [0.5, 0.6) is 0 Å². The van der Waals surface area contributed by atoms with Gasteiger partial charge in [0.05, 0.1) is 6.61 Å². The van der Waals surface area contributed by atoms with Crippen LogP contribution in [0.25, 0.3) is 0 Å². The Morgan fingerprint density at radius 3 is 2.56 bits per heavy atom. The van der Waals surface area contributed by atoms with Crippen molar-refractivity contribution in [3.8, 4) is 0 Å². The number of aryl methyl sites for hydroxylation is 1. The highest BCUT2D eigenvalue weighted by molar-refractivity contribution is 5.14. The zero-order valence-electron chi connectivity index (χ0n) is 10.4. The molecule has 1 aromatic rings. The average Bonchev–Trinajstić information content (AvgIpc) is 2.34. The summed E-state index contributed by atoms with van der Waals surface area (Å²) in [5.74, 6) is 0. The van der Waals surface area contributed by atoms with E-state index < -0.39 is 0 Å². The fraction of sp³-hybridized carbons (Fsp3) is 0.571. The molecule has 0 bridgehead atoms. The van der Waals surface area contributed by atoms with Gasteiger partial charge in [-0.15, -0.1) is 0 Å². The normalized spacial score (nSPS) is 12.6. The number of rotatable bonds is 8. The fourth-order valence-electron chi connectivity index (χ4n) is 1.78. The molecule has 0 aliphatic carbocycles. The Hall–Kier alpha value is -0.860. The molecule has 16 heavy (non-hydrogen) atoms. The van der Waals surface area contributed by atoms with E-state index in [-0.39, 0.29) is 0 Å². The van der Waals surface area contributed by atoms with Gasteiger partial charge in [0.1, 0.15) is 0 Å². The summed E-state index contributed by atoms with van der Waals surface area (Å²) >= 11 is 0. The number of nitrogens with one attached hydrogen (secondary N) is 1. The van der Waals surface area contributed by atoms with E-state index in [4.69, 9.17) is 4.74 Å². The van der Waals surface area contributed by atoms with Gasteiger partial charge in [-0.1, -0.05) is 37.3 Å². The smallest absolute Gasteiger partial charge is 0.0619 e. The number of hydrogen-bond acceptors (Lipinski definition) is 2. The quantitative estimate of drug-likeness (QED) is 0.728. The van der Waals surface area contributed by atoms with Gasteiger partial charge in [0.15, 0.2) is 0 Å². The summed E-state index contributed by atoms with van der Waals surface area (Å²) in [7, 11) is 0. The molecule has 1 aromatic carbocycles. The molecule has 0 amide bonds. The summed E-state index contributed by atoms with van der Waals surface area (Å²) in [4.78, 5) is 0. The van der Waals surface area contributed by atoms with Crippen molar-refractivity contribution in [1.29, 1.82) is 0 Å². The van der Waals surface area contributed by atoms with Crippen LogP contribution in [0.2, 0.25) is 0 Å². The Balaban J connectivity index is 2.31. The van der Waals surface area contributed by atoms with E-state index in [1.165, 1.54) is 5.56 Å². The van der Waals surface area contributed by atoms with E-state index in [1.807, 2.05) is 6.92 Å². The van der Waals surface area contributed by atoms with Crippen molar-refractivity contribution >= 4 is 0 Å². The number of likely N-dealkylation sites (N-methyl/N-ethyl adjacent to an activating group) is 1. The van der Waals surface area contributed by atoms with Gasteiger partial charge in [0.25, 0.3) is 0 Å². The highest BCUT2D eigenvalue weighted by atomic mass is 16.5. The summed E-state index contributed by atoms with van der Waals surface area (Å²) in [6, 6.07) is 11.1. The number of hydrogen-bond donors (Lipinski definition) is 1. The van der Waals surface area contributed by atoms with Crippen molar-refractivity contribution in [2.45, 2.75) is 32.7 Å². The summed E-state index contributed by atoms with van der Waals surface area (Å²) < 4.78 is 5.47. The summed E-state index contributed by atoms with van der Waals surface area (Å²) in [6.45, 7) is 6.80. The second-order valence-corrected chi connectivity index (χ2v) is 3.94. The predicted molar refractivity (Wildman–Crippen MR) is 68.7 cm³/mol. The molecular formula is C14H23NO. The molecule has 0 aliphatic rings. The molecule has 0 fully saturated rings. The van der Waals surface area contributed by atoms with Crippen molar-refractivity contribution in [3.63, 3.8) is 0 Å². The largest absolute Gasteiger partial charge is 0.380 e. The third-order valence-electron chi connectivity index (χ3n) is 2.64. The van der Waals surface area contributed by atoms with Gasteiger partial charge in [-0.25, -0.2) is 0 Å². The Labute approximate surface area is 99.0 Å². The van der Waals surface area contributed by atoms with Crippen molar-refractivity contribution in [2.24, 2.45) is 0 Å². The minimum Gasteiger partial charge on any atom is -0.380 e. The molecule has 1 rings (SSSR count). The first-order valence-electron chi connectivity index (χ1n) is 6.21. The molecule has 2 heteroatoms. The van der Waals surface area contributed by atoms with Gasteiger partial charge in [-0.2, -0.15) is 0 Å². The van der Waals surface area contributed by atoms with E-state index in [0.29, 0.717) is 6.04 Å². The zero-order chi connectivity index (χ0) is 11.6. The van der Waals surface area contributed by atoms with Gasteiger partial charge in [-0.05, 0) is 31.9 Å². The first-order chi connectivity index (χ1) is 7.86. The van der Waals surface area contributed by atoms with Crippen LogP contribution in [0.4, 0.5) is 0 Å². The Morgan fingerprint density at radius 2 is 1.94 bits per heavy atom. The van der Waals surface area contributed by atoms with Crippen LogP contribution in [0, 0.1) is 0 Å². The molecule has 0 radical (unpaired) electrons. The third-order valence-corrected chi connectivity index (χ3v) is 2.64. The lowest BCUT2D eigenvalue weighted by Crippen LogP contribution is -2.33. The van der Waals surface area contributed by atoms with E-state index in [2.05, 4.69) is 42.6 Å². The van der Waals surface area contributed by atoms with Gasteiger partial charge < -0.3 is 10.1 Å². The van der Waals surface area contributed by atoms with E-state index in [1.54, 1.807) is 0 Å². The van der Waals surface area contributed by atoms with Crippen LogP contribution >= 0.6 is 0 Å². The lowest BCUT2D eigenvalue weighted by Gasteiger charge is -2.17. The Kier molecular flexibility index (Phi) is 6.86. The molecule has 2 nitrogen and oxygen atoms in total. The van der Waals surface area contributed by atoms with Gasteiger partial charge >= 0.3 is 0 Å². The molecular weight excluding hydrogens is 198 g/mol. The molecule has 1 atom stereocenters. The Morgan fingerprint density at radius 1 is 1.19 bits per heavy atom. The van der Waals surface area contributed by atoms with E-state index in [0.717, 1.165) is 32.6 Å². The highest BCUT2D eigenvalue weighted by Gasteiger charge is 2.06. The zero-order valence-corrected chi connectivity index (χ0v) is 10.4. The maximum atomic E-state index is 5.47. The second kappa shape index (κ2) is 8.31. The molecule has 0 saturated carbocycles. The SMILES string of the molecule is CCNC(CCc1ccccc1)COCC. The van der Waals surface area contributed by atoms with Crippen molar-refractivity contribution in [3.05, 3.63) is 35.9 Å². The van der Waals surface area contributed by atoms with Crippen LogP contribution in [0.15, 0.2) is 30.3 Å². The fourth-order valence-corrected chi connectivity index (χ4v) is 1.78. The lowest BCUT2D eigenvalue weighted by molar-refractivity contribution is 0.120. The highest BCUT2D eigenvalue weighted by Crippen LogP contribution is 2.05. The molecule has 1 N–H and O–H groups in total. The molecule has 0 spiro atoms. The number of benzene rings is 1. The predicted octanol–water partition coefficient (Wildman–Crippen LogP) is 2.63. The minimum absolute atomic E-state index is 0.477. The molecule has 0 aliphatic heterocycles. The molecule has 0 saturated heterocycles. The molecule has 0 aromatic heterocycles. The molecule has 90 valence electrons. The van der Waals surface area contributed by atoms with Crippen LogP contribution in [0.3, 0.4) is 0 Å². The topological polar surface area (TPSA) is 21.3 Å². The van der Waals surface area contributed by atoms with Gasteiger partial charge in [-0.3, -0.25) is 0 Å². The van der Waals surface area contributed by atoms with Crippen LogP contribution in [-0.4, -0.2) is 25.8 Å². The second-order valence-electron chi connectivity index (χ2n) is 3.94. The van der Waals surface area contributed by atoms with Crippen LogP contribution in [-0.2, 0) is 11.2 Å². The van der Waals surface area contributed by atoms with Crippen molar-refractivity contribution in [1.82, 2.24) is 5.32 Å². The maximum absolute atomic E-state index is 5.47. The Bertz CT molecular complexity index is 261. The van der Waals surface area contributed by atoms with Crippen LogP contribution < -0.4 is 5.32 Å². The average molecular weight is 221 g/mol. The summed E-state index contributed by atoms with van der Waals surface area (Å²) in [5, 5.41) is 3.46. The summed E-state index contributed by atoms with van der Waals surface area (Å²) in [6.07, 6.45) is 2.25. The molecule has 1 unspecified atom stereocenters. The van der Waals surface area contributed by atoms with Crippen molar-refractivity contribution in [2.75, 3.05) is 19.8 Å². The first kappa shape index (κ1) is 13.2. The van der Waals surface area contributed by atoms with Crippen molar-refractivity contribution < 1.29 is 4.74 Å². The first-order valence-corrected chi connectivity index (χ1v) is 6.21. The van der Waals surface area contributed by atoms with E-state index in [9.17, 15) is 0 Å². The third kappa shape index (κ3) is 5.29. The van der Waals surface area contributed by atoms with Gasteiger partial charge in [0, 0.05) is 12.6 Å². The summed E-state index contributed by atoms with van der Waals surface area (Å²) in [5.41, 5.74) is 1.40. The monoisotopic (exact) mass is 221 g/mol. The van der Waals surface area contributed by atoms with Crippen LogP contribution in [0.1, 0.15) is 25.8 Å². The van der Waals surface area contributed by atoms with E-state index >= 15 is 0 Å². The number of ether oxygens (including phenoxy) is 1. The van der Waals surface area contributed by atoms with Gasteiger partial charge in [0.2, 0.25) is 0 Å². The molecule has 0 heterocycles. The minimum atomic E-state index is 0.477. The maximum Gasteiger partial charge on any atom is 0.0619 e. The standard InChI is InChI=1S/C14H23NO/c1-3-15-14(12-16-4-2)11-10-13-8-6-5-7-9-13/h5-9,14-15H,3-4,10-12H2,1-2H3.